The van der Waals surface area contributed by atoms with Crippen LogP contribution in [0.4, 0.5) is 0 Å². The smallest absolute Gasteiger partial charge is 0.179 e. The number of benzene rings is 1. The largest absolute Gasteiger partial charge is 0.409 e. The van der Waals surface area contributed by atoms with E-state index in [0.29, 0.717) is 6.42 Å². The molecule has 0 aliphatic carbocycles. The molecule has 0 atom stereocenters. The molecule has 3 N–H and O–H groups in total. The molecule has 0 radical (unpaired) electrons. The normalized spacial score (nSPS) is 12.6. The molecule has 0 aromatic heterocycles. The van der Waals surface area contributed by atoms with Crippen LogP contribution in [0.3, 0.4) is 0 Å². The lowest BCUT2D eigenvalue weighted by molar-refractivity contribution is 0.318. The molecule has 0 unspecified atom stereocenters. The molecule has 0 saturated carbocycles. The van der Waals surface area contributed by atoms with Crippen LogP contribution in [0, 0.1) is 0 Å². The molecule has 0 fully saturated rings. The molecule has 1 aromatic carbocycles. The highest BCUT2D eigenvalue weighted by atomic mass is 32.2. The van der Waals surface area contributed by atoms with Gasteiger partial charge in [0.05, 0.1) is 10.6 Å². The van der Waals surface area contributed by atoms with Gasteiger partial charge in [-0.25, -0.2) is 8.42 Å². The fourth-order valence-electron chi connectivity index (χ4n) is 1.45. The number of amidine groups is 1. The zero-order chi connectivity index (χ0) is 12.9. The van der Waals surface area contributed by atoms with Gasteiger partial charge in [0.15, 0.2) is 15.7 Å². The summed E-state index contributed by atoms with van der Waals surface area (Å²) in [5.74, 6) is -0.125. The molecular formula is C11H16N2O3S. The maximum Gasteiger partial charge on any atom is 0.179 e. The molecule has 1 rings (SSSR count). The summed E-state index contributed by atoms with van der Waals surface area (Å²) in [4.78, 5) is 0.115. The van der Waals surface area contributed by atoms with Crippen molar-refractivity contribution in [3.63, 3.8) is 0 Å². The van der Waals surface area contributed by atoms with E-state index in [1.807, 2.05) is 6.92 Å². The molecule has 0 saturated heterocycles. The van der Waals surface area contributed by atoms with Crippen molar-refractivity contribution in [3.05, 3.63) is 29.8 Å². The minimum Gasteiger partial charge on any atom is -0.409 e. The van der Waals surface area contributed by atoms with Crippen LogP contribution in [0.5, 0.6) is 0 Å². The third-order valence-corrected chi connectivity index (χ3v) is 4.22. The average molecular weight is 256 g/mol. The van der Waals surface area contributed by atoms with Gasteiger partial charge < -0.3 is 10.9 Å². The topological polar surface area (TPSA) is 92.8 Å². The third kappa shape index (κ3) is 3.20. The number of nitrogens with zero attached hydrogens (tertiary/aromatic N) is 1. The van der Waals surface area contributed by atoms with Crippen LogP contribution in [-0.4, -0.2) is 25.2 Å². The SMILES string of the molecule is CCCCS(=O)(=O)c1ccccc1/C(N)=N/O. The van der Waals surface area contributed by atoms with Crippen molar-refractivity contribution in [2.24, 2.45) is 10.9 Å². The van der Waals surface area contributed by atoms with E-state index in [0.717, 1.165) is 6.42 Å². The molecule has 0 aliphatic heterocycles. The molecule has 0 bridgehead atoms. The summed E-state index contributed by atoms with van der Waals surface area (Å²) >= 11 is 0. The van der Waals surface area contributed by atoms with Crippen molar-refractivity contribution in [2.45, 2.75) is 24.7 Å². The number of hydrogen-bond acceptors (Lipinski definition) is 4. The second kappa shape index (κ2) is 5.67. The summed E-state index contributed by atoms with van der Waals surface area (Å²) in [6.45, 7) is 1.92. The van der Waals surface area contributed by atoms with Crippen LogP contribution in [0.25, 0.3) is 0 Å². The van der Waals surface area contributed by atoms with Gasteiger partial charge in [0.25, 0.3) is 0 Å². The summed E-state index contributed by atoms with van der Waals surface area (Å²) in [6.07, 6.45) is 1.39. The monoisotopic (exact) mass is 256 g/mol. The van der Waals surface area contributed by atoms with E-state index in [9.17, 15) is 8.42 Å². The lowest BCUT2D eigenvalue weighted by Crippen LogP contribution is -2.18. The minimum absolute atomic E-state index is 0.0687. The van der Waals surface area contributed by atoms with Crippen LogP contribution in [0.2, 0.25) is 0 Å². The van der Waals surface area contributed by atoms with Crippen molar-refractivity contribution < 1.29 is 13.6 Å². The van der Waals surface area contributed by atoms with Gasteiger partial charge in [0, 0.05) is 5.56 Å². The van der Waals surface area contributed by atoms with Gasteiger partial charge in [-0.15, -0.1) is 0 Å². The Morgan fingerprint density at radius 1 is 1.41 bits per heavy atom. The van der Waals surface area contributed by atoms with Crippen molar-refractivity contribution >= 4 is 15.7 Å². The first-order valence-corrected chi connectivity index (χ1v) is 6.98. The number of oxime groups is 1. The van der Waals surface area contributed by atoms with Gasteiger partial charge in [-0.3, -0.25) is 0 Å². The summed E-state index contributed by atoms with van der Waals surface area (Å²) in [7, 11) is -3.38. The maximum atomic E-state index is 12.0. The second-order valence-corrected chi connectivity index (χ2v) is 5.73. The van der Waals surface area contributed by atoms with Gasteiger partial charge in [-0.05, 0) is 18.6 Å². The van der Waals surface area contributed by atoms with Crippen molar-refractivity contribution in [3.8, 4) is 0 Å². The highest BCUT2D eigenvalue weighted by molar-refractivity contribution is 7.91. The third-order valence-electron chi connectivity index (χ3n) is 2.37. The Balaban J connectivity index is 3.22. The molecule has 0 aliphatic rings. The lowest BCUT2D eigenvalue weighted by Gasteiger charge is -2.08. The van der Waals surface area contributed by atoms with Gasteiger partial charge in [0.2, 0.25) is 0 Å². The molecule has 5 nitrogen and oxygen atoms in total. The number of rotatable bonds is 5. The van der Waals surface area contributed by atoms with E-state index in [1.165, 1.54) is 12.1 Å². The van der Waals surface area contributed by atoms with Crippen LogP contribution >= 0.6 is 0 Å². The first kappa shape index (κ1) is 13.5. The van der Waals surface area contributed by atoms with Gasteiger partial charge in [-0.2, -0.15) is 0 Å². The zero-order valence-corrected chi connectivity index (χ0v) is 10.4. The molecule has 0 heterocycles. The molecular weight excluding hydrogens is 240 g/mol. The van der Waals surface area contributed by atoms with Crippen LogP contribution in [0.15, 0.2) is 34.3 Å². The van der Waals surface area contributed by atoms with E-state index >= 15 is 0 Å². The number of unbranched alkanes of at least 4 members (excludes halogenated alkanes) is 1. The summed E-state index contributed by atoms with van der Waals surface area (Å²) in [5, 5.41) is 11.5. The fourth-order valence-corrected chi connectivity index (χ4v) is 3.13. The number of nitrogens with two attached hydrogens (primary N) is 1. The first-order chi connectivity index (χ1) is 8.03. The van der Waals surface area contributed by atoms with Crippen molar-refractivity contribution in [2.75, 3.05) is 5.75 Å². The Morgan fingerprint density at radius 2 is 2.06 bits per heavy atom. The van der Waals surface area contributed by atoms with E-state index < -0.39 is 9.84 Å². The number of hydrogen-bond donors (Lipinski definition) is 2. The van der Waals surface area contributed by atoms with E-state index in [2.05, 4.69) is 5.16 Å². The van der Waals surface area contributed by atoms with Gasteiger partial charge in [0.1, 0.15) is 0 Å². The average Bonchev–Trinajstić information content (AvgIpc) is 2.35. The molecule has 17 heavy (non-hydrogen) atoms. The fraction of sp³-hybridized carbons (Fsp3) is 0.364. The maximum absolute atomic E-state index is 12.0. The summed E-state index contributed by atoms with van der Waals surface area (Å²) in [5.41, 5.74) is 5.70. The Kier molecular flexibility index (Phi) is 4.51. The quantitative estimate of drug-likeness (QED) is 0.360. The lowest BCUT2D eigenvalue weighted by atomic mass is 10.2. The van der Waals surface area contributed by atoms with Gasteiger partial charge in [-0.1, -0.05) is 30.6 Å². The zero-order valence-electron chi connectivity index (χ0n) is 9.63. The second-order valence-electron chi connectivity index (χ2n) is 3.65. The Bertz CT molecular complexity index is 509. The molecule has 0 amide bonds. The Labute approximate surface area is 101 Å². The standard InChI is InChI=1S/C11H16N2O3S/c1-2-3-8-17(15,16)10-7-5-4-6-9(10)11(12)13-14/h4-7,14H,2-3,8H2,1H3,(H2,12,13). The molecule has 1 aromatic rings. The van der Waals surface area contributed by atoms with Crippen LogP contribution in [-0.2, 0) is 9.84 Å². The number of sulfone groups is 1. The van der Waals surface area contributed by atoms with Crippen LogP contribution < -0.4 is 5.73 Å². The summed E-state index contributed by atoms with van der Waals surface area (Å²) < 4.78 is 24.1. The predicted octanol–water partition coefficient (Wildman–Crippen LogP) is 1.35. The van der Waals surface area contributed by atoms with Crippen LogP contribution in [0.1, 0.15) is 25.3 Å². The van der Waals surface area contributed by atoms with Crippen molar-refractivity contribution in [1.82, 2.24) is 0 Å². The predicted molar refractivity (Wildman–Crippen MR) is 65.9 cm³/mol. The van der Waals surface area contributed by atoms with E-state index in [-0.39, 0.29) is 22.0 Å². The Morgan fingerprint density at radius 3 is 2.65 bits per heavy atom. The van der Waals surface area contributed by atoms with E-state index in [1.54, 1.807) is 12.1 Å². The van der Waals surface area contributed by atoms with Gasteiger partial charge >= 0.3 is 0 Å². The minimum atomic E-state index is -3.38. The Hall–Kier alpha value is -1.56. The molecule has 6 heteroatoms. The molecule has 94 valence electrons. The highest BCUT2D eigenvalue weighted by Crippen LogP contribution is 2.17. The first-order valence-electron chi connectivity index (χ1n) is 5.32. The molecule has 0 spiro atoms. The van der Waals surface area contributed by atoms with Crippen molar-refractivity contribution in [1.29, 1.82) is 0 Å². The van der Waals surface area contributed by atoms with E-state index in [4.69, 9.17) is 10.9 Å². The highest BCUT2D eigenvalue weighted by Gasteiger charge is 2.19. The summed E-state index contributed by atoms with van der Waals surface area (Å²) in [6, 6.07) is 6.26.